The first-order chi connectivity index (χ1) is 16.3. The summed E-state index contributed by atoms with van der Waals surface area (Å²) < 4.78 is 13.5. The van der Waals surface area contributed by atoms with E-state index in [2.05, 4.69) is 37.2 Å². The maximum absolute atomic E-state index is 12.8. The van der Waals surface area contributed by atoms with E-state index < -0.39 is 5.91 Å². The van der Waals surface area contributed by atoms with Gasteiger partial charge in [-0.05, 0) is 83.7 Å². The van der Waals surface area contributed by atoms with Crippen LogP contribution in [-0.2, 0) is 11.4 Å². The Balaban J connectivity index is 1.87. The molecule has 1 amide bonds. The first-order valence-electron chi connectivity index (χ1n) is 10.7. The van der Waals surface area contributed by atoms with Crippen LogP contribution in [-0.4, -0.2) is 12.5 Å². The molecule has 0 radical (unpaired) electrons. The van der Waals surface area contributed by atoms with Crippen LogP contribution in [0.25, 0.3) is 6.08 Å². The van der Waals surface area contributed by atoms with Gasteiger partial charge in [0.25, 0.3) is 5.91 Å². The third kappa shape index (κ3) is 6.28. The Morgan fingerprint density at radius 3 is 2.53 bits per heavy atom. The van der Waals surface area contributed by atoms with Gasteiger partial charge >= 0.3 is 0 Å². The molecule has 0 aliphatic carbocycles. The highest BCUT2D eigenvalue weighted by atomic mass is 79.9. The van der Waals surface area contributed by atoms with Gasteiger partial charge in [0.2, 0.25) is 0 Å². The number of hydrogen-bond donors (Lipinski definition) is 1. The van der Waals surface area contributed by atoms with Gasteiger partial charge in [0.1, 0.15) is 18.2 Å². The third-order valence-corrected chi connectivity index (χ3v) is 6.55. The summed E-state index contributed by atoms with van der Waals surface area (Å²) in [5.41, 5.74) is 4.31. The van der Waals surface area contributed by atoms with Crippen LogP contribution in [0.2, 0.25) is 0 Å². The zero-order valence-corrected chi connectivity index (χ0v) is 22.3. The summed E-state index contributed by atoms with van der Waals surface area (Å²) in [5.74, 6) is 0.593. The summed E-state index contributed by atoms with van der Waals surface area (Å²) in [7, 11) is 0. The number of nitrogens with zero attached hydrogens (tertiary/aromatic N) is 1. The minimum atomic E-state index is -0.473. The molecule has 34 heavy (non-hydrogen) atoms. The van der Waals surface area contributed by atoms with Gasteiger partial charge in [-0.1, -0.05) is 46.3 Å². The highest BCUT2D eigenvalue weighted by Crippen LogP contribution is 2.38. The van der Waals surface area contributed by atoms with Crippen molar-refractivity contribution >= 4 is 49.5 Å². The van der Waals surface area contributed by atoms with Crippen LogP contribution in [0, 0.1) is 25.2 Å². The standard InChI is InChI=1S/C27H24Br2N2O3/c1-4-33-25-14-19(13-23(29)26(25)34-16-20-9-5-6-10-22(20)28)12-21(15-30)27(32)31-24-11-7-8-17(2)18(24)3/h5-14H,4,16H2,1-3H3,(H,31,32)/b21-12+. The van der Waals surface area contributed by atoms with Crippen molar-refractivity contribution in [3.8, 4) is 17.6 Å². The van der Waals surface area contributed by atoms with Crippen molar-refractivity contribution in [1.82, 2.24) is 0 Å². The van der Waals surface area contributed by atoms with E-state index >= 15 is 0 Å². The second kappa shape index (κ2) is 11.9. The molecule has 3 aromatic carbocycles. The summed E-state index contributed by atoms with van der Waals surface area (Å²) in [6, 6.07) is 19.0. The summed E-state index contributed by atoms with van der Waals surface area (Å²) in [6.07, 6.45) is 1.53. The number of ether oxygens (including phenoxy) is 2. The summed E-state index contributed by atoms with van der Waals surface area (Å²) in [6.45, 7) is 6.56. The lowest BCUT2D eigenvalue weighted by atomic mass is 10.1. The van der Waals surface area contributed by atoms with Crippen molar-refractivity contribution in [3.05, 3.63) is 91.4 Å². The third-order valence-electron chi connectivity index (χ3n) is 5.19. The van der Waals surface area contributed by atoms with Crippen LogP contribution in [0.1, 0.15) is 29.2 Å². The van der Waals surface area contributed by atoms with Crippen molar-refractivity contribution in [1.29, 1.82) is 5.26 Å². The lowest BCUT2D eigenvalue weighted by molar-refractivity contribution is -0.112. The Bertz CT molecular complexity index is 1280. The number of anilines is 1. The molecule has 0 aliphatic rings. The van der Waals surface area contributed by atoms with E-state index in [1.807, 2.05) is 69.3 Å². The normalized spacial score (nSPS) is 11.0. The van der Waals surface area contributed by atoms with E-state index in [1.165, 1.54) is 6.08 Å². The van der Waals surface area contributed by atoms with Crippen LogP contribution in [0.5, 0.6) is 11.5 Å². The molecule has 0 bridgehead atoms. The number of rotatable bonds is 8. The van der Waals surface area contributed by atoms with E-state index in [-0.39, 0.29) is 5.57 Å². The molecule has 0 spiro atoms. The van der Waals surface area contributed by atoms with Crippen LogP contribution >= 0.6 is 31.9 Å². The van der Waals surface area contributed by atoms with Crippen molar-refractivity contribution in [2.24, 2.45) is 0 Å². The number of halogens is 2. The number of nitriles is 1. The molecule has 0 fully saturated rings. The van der Waals surface area contributed by atoms with Crippen molar-refractivity contribution in [2.45, 2.75) is 27.4 Å². The number of carbonyl (C=O) groups excluding carboxylic acids is 1. The second-order valence-electron chi connectivity index (χ2n) is 7.51. The molecule has 0 unspecified atom stereocenters. The van der Waals surface area contributed by atoms with E-state index in [9.17, 15) is 10.1 Å². The number of aryl methyl sites for hydroxylation is 1. The molecule has 1 N–H and O–H groups in total. The Labute approximate surface area is 216 Å². The highest BCUT2D eigenvalue weighted by molar-refractivity contribution is 9.10. The zero-order chi connectivity index (χ0) is 24.7. The molecule has 0 heterocycles. The number of nitrogens with one attached hydrogen (secondary N) is 1. The smallest absolute Gasteiger partial charge is 0.266 e. The van der Waals surface area contributed by atoms with Gasteiger partial charge in [-0.15, -0.1) is 0 Å². The van der Waals surface area contributed by atoms with Crippen molar-refractivity contribution in [3.63, 3.8) is 0 Å². The van der Waals surface area contributed by atoms with E-state index in [1.54, 1.807) is 12.1 Å². The van der Waals surface area contributed by atoms with E-state index in [0.717, 1.165) is 21.2 Å². The van der Waals surface area contributed by atoms with Gasteiger partial charge < -0.3 is 14.8 Å². The maximum atomic E-state index is 12.8. The van der Waals surface area contributed by atoms with Gasteiger partial charge in [0.05, 0.1) is 11.1 Å². The summed E-state index contributed by atoms with van der Waals surface area (Å²) in [4.78, 5) is 12.8. The largest absolute Gasteiger partial charge is 0.490 e. The number of amides is 1. The zero-order valence-electron chi connectivity index (χ0n) is 19.1. The lowest BCUT2D eigenvalue weighted by Gasteiger charge is -2.15. The van der Waals surface area contributed by atoms with Gasteiger partial charge in [-0.2, -0.15) is 5.26 Å². The number of benzene rings is 3. The molecule has 7 heteroatoms. The molecule has 0 aliphatic heterocycles. The van der Waals surface area contributed by atoms with Crippen molar-refractivity contribution in [2.75, 3.05) is 11.9 Å². The Kier molecular flexibility index (Phi) is 8.91. The molecule has 3 aromatic rings. The first-order valence-corrected chi connectivity index (χ1v) is 12.2. The lowest BCUT2D eigenvalue weighted by Crippen LogP contribution is -2.14. The van der Waals surface area contributed by atoms with Crippen LogP contribution in [0.4, 0.5) is 5.69 Å². The fourth-order valence-electron chi connectivity index (χ4n) is 3.23. The summed E-state index contributed by atoms with van der Waals surface area (Å²) in [5, 5.41) is 12.5. The minimum absolute atomic E-state index is 0.0165. The van der Waals surface area contributed by atoms with E-state index in [4.69, 9.17) is 9.47 Å². The quantitative estimate of drug-likeness (QED) is 0.222. The predicted molar refractivity (Wildman–Crippen MR) is 142 cm³/mol. The summed E-state index contributed by atoms with van der Waals surface area (Å²) >= 11 is 7.08. The topological polar surface area (TPSA) is 71.3 Å². The maximum Gasteiger partial charge on any atom is 0.266 e. The molecule has 0 aromatic heterocycles. The fraction of sp³-hybridized carbons (Fsp3) is 0.185. The van der Waals surface area contributed by atoms with Crippen molar-refractivity contribution < 1.29 is 14.3 Å². The predicted octanol–water partition coefficient (Wildman–Crippen LogP) is 7.35. The van der Waals surface area contributed by atoms with Gasteiger partial charge in [-0.25, -0.2) is 0 Å². The van der Waals surface area contributed by atoms with Crippen LogP contribution < -0.4 is 14.8 Å². The SMILES string of the molecule is CCOc1cc(/C=C(\C#N)C(=O)Nc2cccc(C)c2C)cc(Br)c1OCc1ccccc1Br. The number of carbonyl (C=O) groups is 1. The molecule has 5 nitrogen and oxygen atoms in total. The number of hydrogen-bond acceptors (Lipinski definition) is 4. The minimum Gasteiger partial charge on any atom is -0.490 e. The fourth-order valence-corrected chi connectivity index (χ4v) is 4.20. The highest BCUT2D eigenvalue weighted by Gasteiger charge is 2.16. The van der Waals surface area contributed by atoms with E-state index in [0.29, 0.717) is 40.4 Å². The molecule has 0 saturated carbocycles. The average Bonchev–Trinajstić information content (AvgIpc) is 2.81. The Morgan fingerprint density at radius 1 is 1.06 bits per heavy atom. The molecule has 174 valence electrons. The Hall–Kier alpha value is -3.08. The van der Waals surface area contributed by atoms with Gasteiger partial charge in [0, 0.05) is 15.7 Å². The average molecular weight is 584 g/mol. The first kappa shape index (κ1) is 25.5. The van der Waals surface area contributed by atoms with Gasteiger partial charge in [0.15, 0.2) is 11.5 Å². The monoisotopic (exact) mass is 582 g/mol. The van der Waals surface area contributed by atoms with Crippen LogP contribution in [0.3, 0.4) is 0 Å². The second-order valence-corrected chi connectivity index (χ2v) is 9.22. The van der Waals surface area contributed by atoms with Gasteiger partial charge in [-0.3, -0.25) is 4.79 Å². The molecular formula is C27H24Br2N2O3. The molecular weight excluding hydrogens is 560 g/mol. The van der Waals surface area contributed by atoms with Crippen LogP contribution in [0.15, 0.2) is 69.1 Å². The molecule has 0 atom stereocenters. The molecule has 3 rings (SSSR count). The Morgan fingerprint density at radius 2 is 1.82 bits per heavy atom. The molecule has 0 saturated heterocycles.